The quantitative estimate of drug-likeness (QED) is 0.209. The lowest BCUT2D eigenvalue weighted by molar-refractivity contribution is -0.389. The summed E-state index contributed by atoms with van der Waals surface area (Å²) in [6.07, 6.45) is 3.07. The minimum absolute atomic E-state index is 0.00859. The van der Waals surface area contributed by atoms with Crippen molar-refractivity contribution in [3.05, 3.63) is 52.7 Å². The molecule has 0 saturated carbocycles. The van der Waals surface area contributed by atoms with Gasteiger partial charge in [-0.3, -0.25) is 9.47 Å². The highest BCUT2D eigenvalue weighted by atomic mass is 28.4. The standard InChI is InChI=1S/C26H31FN6O7Si/c1-26(2,3)41(4,5)39-14-18-13-38-25(34)32(18)17-6-7-20(21(27)8-17)16-9-28-23(29-10-16)40-19-11-31-12-22(33(35)36)30-24(31)37-15-19/h6-10,12,18-19H,11,13-15H2,1-5H3/t18-,19+/m1/s1. The lowest BCUT2D eigenvalue weighted by atomic mass is 10.1. The molecule has 1 amide bonds. The molecule has 2 aliphatic rings. The van der Waals surface area contributed by atoms with E-state index in [1.807, 2.05) is 0 Å². The van der Waals surface area contributed by atoms with Crippen molar-refractivity contribution in [2.75, 3.05) is 24.7 Å². The summed E-state index contributed by atoms with van der Waals surface area (Å²) in [4.78, 5) is 36.5. The van der Waals surface area contributed by atoms with E-state index in [1.54, 1.807) is 12.1 Å². The van der Waals surface area contributed by atoms with Crippen molar-refractivity contribution >= 4 is 25.9 Å². The molecule has 0 unspecified atom stereocenters. The van der Waals surface area contributed by atoms with Crippen LogP contribution in [0.25, 0.3) is 11.1 Å². The van der Waals surface area contributed by atoms with Crippen LogP contribution in [0.15, 0.2) is 36.8 Å². The highest BCUT2D eigenvalue weighted by Gasteiger charge is 2.41. The predicted octanol–water partition coefficient (Wildman–Crippen LogP) is 4.57. The van der Waals surface area contributed by atoms with E-state index in [9.17, 15) is 14.9 Å². The van der Waals surface area contributed by atoms with E-state index in [0.717, 1.165) is 0 Å². The fraction of sp³-hybridized carbons (Fsp3) is 0.462. The number of halogens is 1. The lowest BCUT2D eigenvalue weighted by Gasteiger charge is -2.37. The van der Waals surface area contributed by atoms with Gasteiger partial charge in [-0.25, -0.2) is 19.2 Å². The first-order valence-electron chi connectivity index (χ1n) is 13.1. The smallest absolute Gasteiger partial charge is 0.414 e. The molecule has 5 rings (SSSR count). The van der Waals surface area contributed by atoms with Crippen molar-refractivity contribution < 1.29 is 32.7 Å². The Labute approximate surface area is 236 Å². The fourth-order valence-electron chi connectivity index (χ4n) is 4.20. The zero-order valence-electron chi connectivity index (χ0n) is 23.4. The predicted molar refractivity (Wildman–Crippen MR) is 147 cm³/mol. The Kier molecular flexibility index (Phi) is 7.42. The van der Waals surface area contributed by atoms with E-state index in [2.05, 4.69) is 48.8 Å². The van der Waals surface area contributed by atoms with Crippen molar-refractivity contribution in [3.63, 3.8) is 0 Å². The summed E-state index contributed by atoms with van der Waals surface area (Å²) < 4.78 is 39.5. The van der Waals surface area contributed by atoms with Gasteiger partial charge in [0.05, 0.1) is 24.9 Å². The molecule has 1 saturated heterocycles. The molecular weight excluding hydrogens is 555 g/mol. The molecule has 218 valence electrons. The molecule has 1 fully saturated rings. The molecule has 0 bridgehead atoms. The first kappa shape index (κ1) is 28.4. The average molecular weight is 587 g/mol. The fourth-order valence-corrected chi connectivity index (χ4v) is 5.25. The number of benzene rings is 1. The van der Waals surface area contributed by atoms with Crippen LogP contribution in [0.1, 0.15) is 20.8 Å². The molecule has 0 spiro atoms. The van der Waals surface area contributed by atoms with Crippen LogP contribution in [0.3, 0.4) is 0 Å². The van der Waals surface area contributed by atoms with Gasteiger partial charge in [-0.2, -0.15) is 0 Å². The number of imidazole rings is 1. The van der Waals surface area contributed by atoms with Crippen LogP contribution in [-0.4, -0.2) is 70.8 Å². The largest absolute Gasteiger partial charge is 0.455 e. The molecule has 1 aromatic carbocycles. The van der Waals surface area contributed by atoms with Gasteiger partial charge in [0.25, 0.3) is 0 Å². The summed E-state index contributed by atoms with van der Waals surface area (Å²) >= 11 is 0. The van der Waals surface area contributed by atoms with Crippen molar-refractivity contribution in [1.29, 1.82) is 0 Å². The number of cyclic esters (lactones) is 1. The van der Waals surface area contributed by atoms with Crippen LogP contribution in [0, 0.1) is 15.9 Å². The number of anilines is 1. The second kappa shape index (κ2) is 10.7. The summed E-state index contributed by atoms with van der Waals surface area (Å²) in [5.74, 6) is -0.871. The number of carbonyl (C=O) groups excluding carboxylic acids is 1. The van der Waals surface area contributed by atoms with Gasteiger partial charge >= 0.3 is 23.9 Å². The maximum Gasteiger partial charge on any atom is 0.414 e. The molecule has 0 aliphatic carbocycles. The summed E-state index contributed by atoms with van der Waals surface area (Å²) in [5, 5.41) is 10.9. The van der Waals surface area contributed by atoms with E-state index in [-0.39, 0.29) is 54.2 Å². The van der Waals surface area contributed by atoms with Gasteiger partial charge in [0.15, 0.2) is 14.4 Å². The number of ether oxygens (including phenoxy) is 3. The third kappa shape index (κ3) is 5.86. The Morgan fingerprint density at radius 1 is 1.20 bits per heavy atom. The zero-order chi connectivity index (χ0) is 29.5. The summed E-state index contributed by atoms with van der Waals surface area (Å²) in [6, 6.07) is 4.31. The maximum atomic E-state index is 15.3. The van der Waals surface area contributed by atoms with Crippen molar-refractivity contribution in [2.24, 2.45) is 0 Å². The molecule has 13 nitrogen and oxygen atoms in total. The van der Waals surface area contributed by atoms with E-state index in [4.69, 9.17) is 18.6 Å². The van der Waals surface area contributed by atoms with E-state index in [1.165, 1.54) is 34.1 Å². The topological polar surface area (TPSA) is 144 Å². The third-order valence-electron chi connectivity index (χ3n) is 7.56. The van der Waals surface area contributed by atoms with Gasteiger partial charge in [0, 0.05) is 28.5 Å². The average Bonchev–Trinajstić information content (AvgIpc) is 3.50. The first-order valence-corrected chi connectivity index (χ1v) is 16.0. The van der Waals surface area contributed by atoms with E-state index >= 15 is 4.39 Å². The van der Waals surface area contributed by atoms with Crippen LogP contribution in [0.4, 0.5) is 20.7 Å². The number of nitrogens with zero attached hydrogens (tertiary/aromatic N) is 6. The van der Waals surface area contributed by atoms with Crippen LogP contribution < -0.4 is 14.4 Å². The number of hydrogen-bond donors (Lipinski definition) is 0. The second-order valence-corrected chi connectivity index (χ2v) is 16.2. The zero-order valence-corrected chi connectivity index (χ0v) is 24.4. The second-order valence-electron chi connectivity index (χ2n) is 11.4. The highest BCUT2D eigenvalue weighted by Crippen LogP contribution is 2.37. The Balaban J connectivity index is 1.25. The third-order valence-corrected chi connectivity index (χ3v) is 12.1. The number of rotatable bonds is 8. The number of hydrogen-bond acceptors (Lipinski definition) is 10. The Morgan fingerprint density at radius 3 is 2.59 bits per heavy atom. The molecular formula is C26H31FN6O7Si. The Morgan fingerprint density at radius 2 is 1.93 bits per heavy atom. The lowest BCUT2D eigenvalue weighted by Crippen LogP contribution is -2.46. The van der Waals surface area contributed by atoms with Crippen molar-refractivity contribution in [2.45, 2.75) is 57.6 Å². The number of nitro groups is 1. The molecule has 2 aromatic heterocycles. The van der Waals surface area contributed by atoms with Gasteiger partial charge in [-0.05, 0) is 41.3 Å². The number of fused-ring (bicyclic) bond motifs is 1. The summed E-state index contributed by atoms with van der Waals surface area (Å²) in [7, 11) is -2.05. The molecule has 0 N–H and O–H groups in total. The van der Waals surface area contributed by atoms with E-state index < -0.39 is 31.3 Å². The molecule has 3 aromatic rings. The van der Waals surface area contributed by atoms with Crippen molar-refractivity contribution in [1.82, 2.24) is 19.5 Å². The van der Waals surface area contributed by atoms with Crippen molar-refractivity contribution in [3.8, 4) is 23.1 Å². The van der Waals surface area contributed by atoms with Gasteiger partial charge in [0.2, 0.25) is 0 Å². The van der Waals surface area contributed by atoms with Gasteiger partial charge in [-0.15, -0.1) is 0 Å². The molecule has 41 heavy (non-hydrogen) atoms. The SMILES string of the molecule is CC(C)(C)[Si](C)(C)OC[C@H]1COC(=O)N1c1ccc(-c2cnc(O[C@@H]3COc4nc([N+](=O)[O-])cn4C3)nc2)c(F)c1. The molecule has 4 heterocycles. The first-order chi connectivity index (χ1) is 19.3. The van der Waals surface area contributed by atoms with Crippen LogP contribution in [0.2, 0.25) is 18.1 Å². The molecule has 0 radical (unpaired) electrons. The van der Waals surface area contributed by atoms with Gasteiger partial charge in [-0.1, -0.05) is 20.8 Å². The normalized spacial score (nSPS) is 19.0. The van der Waals surface area contributed by atoms with Gasteiger partial charge in [0.1, 0.15) is 25.2 Å². The molecule has 2 aliphatic heterocycles. The Hall–Kier alpha value is -4.11. The number of carbonyl (C=O) groups is 1. The van der Waals surface area contributed by atoms with Crippen LogP contribution in [-0.2, 0) is 15.7 Å². The minimum atomic E-state index is -2.05. The monoisotopic (exact) mass is 586 g/mol. The number of amides is 1. The highest BCUT2D eigenvalue weighted by molar-refractivity contribution is 6.74. The van der Waals surface area contributed by atoms with Crippen LogP contribution in [0.5, 0.6) is 12.0 Å². The van der Waals surface area contributed by atoms with E-state index in [0.29, 0.717) is 17.9 Å². The number of aromatic nitrogens is 4. The molecule has 2 atom stereocenters. The van der Waals surface area contributed by atoms with Crippen LogP contribution >= 0.6 is 0 Å². The summed E-state index contributed by atoms with van der Waals surface area (Å²) in [5.41, 5.74) is 1.03. The maximum absolute atomic E-state index is 15.3. The Bertz CT molecular complexity index is 1460. The summed E-state index contributed by atoms with van der Waals surface area (Å²) in [6.45, 7) is 11.5. The molecule has 15 heteroatoms. The minimum Gasteiger partial charge on any atom is -0.455 e. The van der Waals surface area contributed by atoms with Gasteiger partial charge < -0.3 is 28.8 Å².